The summed E-state index contributed by atoms with van der Waals surface area (Å²) in [7, 11) is 13.0. The number of rotatable bonds is 12. The van der Waals surface area contributed by atoms with E-state index in [2.05, 4.69) is 451 Å². The second-order valence-corrected chi connectivity index (χ2v) is 29.1. The van der Waals surface area contributed by atoms with E-state index < -0.39 is 0 Å². The van der Waals surface area contributed by atoms with Crippen LogP contribution in [0, 0.1) is 0 Å². The first kappa shape index (κ1) is 69.6. The summed E-state index contributed by atoms with van der Waals surface area (Å²) < 4.78 is 6.88. The number of aryl methyl sites for hydroxylation is 3. The fraction of sp³-hybridized carbons (Fsp3) is 0.0588. The minimum Gasteiger partial charge on any atom is -0.352 e. The highest BCUT2D eigenvalue weighted by Crippen LogP contribution is 2.49. The van der Waals surface area contributed by atoms with Crippen molar-refractivity contribution in [3.63, 3.8) is 0 Å². The summed E-state index contributed by atoms with van der Waals surface area (Å²) in [5.41, 5.74) is 37.5. The minimum absolute atomic E-state index is 0.911. The molecule has 0 atom stereocenters. The summed E-state index contributed by atoms with van der Waals surface area (Å²) in [6, 6.07) is 128. The molecule has 6 heterocycles. The van der Waals surface area contributed by atoms with Gasteiger partial charge in [0.05, 0.1) is 85.0 Å². The van der Waals surface area contributed by atoms with Crippen molar-refractivity contribution < 1.29 is 13.7 Å². The van der Waals surface area contributed by atoms with Crippen molar-refractivity contribution in [2.24, 2.45) is 21.1 Å². The third-order valence-electron chi connectivity index (χ3n) is 22.2. The van der Waals surface area contributed by atoms with Crippen LogP contribution in [0.1, 0.15) is 33.4 Å². The number of aromatic nitrogens is 6. The van der Waals surface area contributed by atoms with E-state index in [1.54, 1.807) is 0 Å². The van der Waals surface area contributed by atoms with Crippen molar-refractivity contribution in [3.05, 3.63) is 397 Å². The molecule has 12 nitrogen and oxygen atoms in total. The Balaban J connectivity index is 0.000000153. The van der Waals surface area contributed by atoms with Crippen molar-refractivity contribution in [2.45, 2.75) is 0 Å². The summed E-state index contributed by atoms with van der Waals surface area (Å²) in [4.78, 5) is 23.2. The van der Waals surface area contributed by atoms with Crippen LogP contribution < -0.4 is 44.4 Å². The van der Waals surface area contributed by atoms with Gasteiger partial charge in [0.1, 0.15) is 54.8 Å². The van der Waals surface area contributed by atoms with Crippen LogP contribution in [0.25, 0.3) is 135 Å². The molecule has 0 saturated carbocycles. The lowest BCUT2D eigenvalue weighted by Crippen LogP contribution is -2.35. The molecule has 17 aromatic rings. The first-order valence-corrected chi connectivity index (χ1v) is 38.6. The zero-order valence-electron chi connectivity index (χ0n) is 64.2. The first-order valence-electron chi connectivity index (χ1n) is 38.6. The van der Waals surface area contributed by atoms with Gasteiger partial charge >= 0.3 is 0 Å². The van der Waals surface area contributed by atoms with Crippen LogP contribution in [0.4, 0.5) is 34.1 Å². The van der Waals surface area contributed by atoms with E-state index in [4.69, 9.17) is 15.0 Å². The van der Waals surface area contributed by atoms with E-state index in [1.165, 1.54) is 0 Å². The zero-order valence-corrected chi connectivity index (χ0v) is 64.2. The SMILES string of the molecule is CN1C(c2cc(C3=C(c4ccccc4)Nc4ccccc4N3C)cc(C3=C(c4ccccc4)Nc4ccccc4N3C)c2)=C(c2ccccc2)Nc2ccccc21.C[n+]1c(-c2cc(-c3c(-c4ccccc4)nc4ccccc4[n+]3C)cc(-c3c(-c4ccccc4)nc4ccccc4[n+]3C)c2)c(-c2ccccc2)nc2ccccc21. The quantitative estimate of drug-likeness (QED) is 0.103. The summed E-state index contributed by atoms with van der Waals surface area (Å²) >= 11 is 0. The number of nitrogens with one attached hydrogen (secondary N) is 3. The van der Waals surface area contributed by atoms with Gasteiger partial charge in [-0.05, 0) is 91.0 Å². The Hall–Kier alpha value is -14.9. The van der Waals surface area contributed by atoms with Gasteiger partial charge < -0.3 is 30.7 Å². The second kappa shape index (κ2) is 29.5. The van der Waals surface area contributed by atoms with Crippen molar-refractivity contribution in [1.29, 1.82) is 0 Å². The van der Waals surface area contributed by atoms with Gasteiger partial charge in [0.25, 0.3) is 0 Å². The molecule has 14 aromatic carbocycles. The number of benzene rings is 14. The van der Waals surface area contributed by atoms with E-state index >= 15 is 0 Å². The number of para-hydroxylation sites is 12. The first-order chi connectivity index (χ1) is 56.1. The lowest BCUT2D eigenvalue weighted by molar-refractivity contribution is -0.633. The maximum absolute atomic E-state index is 5.38. The maximum Gasteiger partial charge on any atom is 0.239 e. The molecule has 0 amide bonds. The predicted molar refractivity (Wildman–Crippen MR) is 470 cm³/mol. The lowest BCUT2D eigenvalue weighted by atomic mass is 9.91. The Bertz CT molecular complexity index is 6040. The molecule has 0 radical (unpaired) electrons. The molecule has 3 aromatic heterocycles. The third kappa shape index (κ3) is 12.6. The van der Waals surface area contributed by atoms with Gasteiger partial charge in [-0.15, -0.1) is 0 Å². The third-order valence-corrected chi connectivity index (χ3v) is 22.2. The molecule has 3 N–H and O–H groups in total. The molecule has 3 aliphatic heterocycles. The van der Waals surface area contributed by atoms with E-state index in [0.29, 0.717) is 0 Å². The highest BCUT2D eigenvalue weighted by molar-refractivity contribution is 6.12. The van der Waals surface area contributed by atoms with Crippen molar-refractivity contribution in [2.75, 3.05) is 51.8 Å². The monoisotopic (exact) mass is 1470 g/mol. The van der Waals surface area contributed by atoms with Crippen molar-refractivity contribution in [1.82, 2.24) is 15.0 Å². The zero-order chi connectivity index (χ0) is 76.9. The topological polar surface area (TPSA) is 96.1 Å². The largest absolute Gasteiger partial charge is 0.352 e. The molecule has 546 valence electrons. The molecular formula is C102H81N12+3. The predicted octanol–water partition coefficient (Wildman–Crippen LogP) is 21.7. The van der Waals surface area contributed by atoms with Crippen LogP contribution in [0.15, 0.2) is 364 Å². The average Bonchev–Trinajstić information content (AvgIpc) is 0.737. The van der Waals surface area contributed by atoms with Gasteiger partial charge in [0.2, 0.25) is 33.6 Å². The smallest absolute Gasteiger partial charge is 0.239 e. The van der Waals surface area contributed by atoms with Gasteiger partial charge in [-0.25, -0.2) is 15.0 Å². The van der Waals surface area contributed by atoms with Gasteiger partial charge in [-0.3, -0.25) is 0 Å². The summed E-state index contributed by atoms with van der Waals surface area (Å²) in [6.07, 6.45) is 0. The number of hydrogen-bond acceptors (Lipinski definition) is 9. The summed E-state index contributed by atoms with van der Waals surface area (Å²) in [5.74, 6) is 0. The summed E-state index contributed by atoms with van der Waals surface area (Å²) in [6.45, 7) is 0. The molecule has 0 spiro atoms. The molecule has 3 aliphatic rings. The van der Waals surface area contributed by atoms with Crippen LogP contribution in [-0.2, 0) is 21.1 Å². The van der Waals surface area contributed by atoms with Crippen LogP contribution in [0.2, 0.25) is 0 Å². The molecule has 12 heteroatoms. The molecule has 0 bridgehead atoms. The Labute approximate surface area is 663 Å². The fourth-order valence-electron chi connectivity index (χ4n) is 16.9. The highest BCUT2D eigenvalue weighted by atomic mass is 15.2. The van der Waals surface area contributed by atoms with Crippen molar-refractivity contribution >= 4 is 101 Å². The Kier molecular flexibility index (Phi) is 18.0. The second-order valence-electron chi connectivity index (χ2n) is 29.1. The Morgan fingerprint density at radius 2 is 0.430 bits per heavy atom. The molecular weight excluding hydrogens is 1390 g/mol. The fourth-order valence-corrected chi connectivity index (χ4v) is 16.9. The summed E-state index contributed by atoms with van der Waals surface area (Å²) in [5, 5.41) is 11.6. The van der Waals surface area contributed by atoms with Gasteiger partial charge in [-0.2, -0.15) is 13.7 Å². The van der Waals surface area contributed by atoms with E-state index in [1.807, 2.05) is 0 Å². The van der Waals surface area contributed by atoms with E-state index in [0.717, 1.165) is 202 Å². The number of hydrogen-bond donors (Lipinski definition) is 3. The van der Waals surface area contributed by atoms with Crippen LogP contribution in [-0.4, -0.2) is 36.1 Å². The van der Waals surface area contributed by atoms with E-state index in [9.17, 15) is 0 Å². The van der Waals surface area contributed by atoms with Crippen LogP contribution in [0.5, 0.6) is 0 Å². The maximum atomic E-state index is 5.38. The van der Waals surface area contributed by atoms with E-state index in [-0.39, 0.29) is 0 Å². The highest BCUT2D eigenvalue weighted by Gasteiger charge is 2.35. The van der Waals surface area contributed by atoms with Crippen LogP contribution in [0.3, 0.4) is 0 Å². The number of nitrogens with zero attached hydrogens (tertiary/aromatic N) is 9. The lowest BCUT2D eigenvalue weighted by Gasteiger charge is -2.37. The molecule has 0 saturated heterocycles. The van der Waals surface area contributed by atoms with Crippen LogP contribution >= 0.6 is 0 Å². The number of anilines is 6. The Morgan fingerprint density at radius 1 is 0.219 bits per heavy atom. The standard InChI is InChI=1S/C51H42N6.C51H39N6/c2*1-55-43-28-16-13-25-40(43)52-46(34-19-7-4-8-20-34)49(55)37-31-38(50-47(35-21-9-5-10-22-35)53-41-26-14-17-29-44(41)56(50)2)33-39(32-37)51-48(36-23-11-6-12-24-36)54-42-27-15-18-30-45(42)57(51)3/h4-33,52-54H,1-3H3;4-33H,1-3H3/q;+3. The van der Waals surface area contributed by atoms with Gasteiger partial charge in [0, 0.05) is 89.4 Å². The Morgan fingerprint density at radius 3 is 0.693 bits per heavy atom. The average molecular weight is 1470 g/mol. The van der Waals surface area contributed by atoms with Gasteiger partial charge in [-0.1, -0.05) is 255 Å². The normalized spacial score (nSPS) is 13.1. The molecule has 20 rings (SSSR count). The molecule has 114 heavy (non-hydrogen) atoms. The van der Waals surface area contributed by atoms with Crippen molar-refractivity contribution in [3.8, 4) is 67.5 Å². The molecule has 0 aliphatic carbocycles. The van der Waals surface area contributed by atoms with Gasteiger partial charge in [0.15, 0.2) is 0 Å². The molecule has 0 fully saturated rings. The minimum atomic E-state index is 0.911. The number of fused-ring (bicyclic) bond motifs is 6. The molecule has 0 unspecified atom stereocenters.